The molecule has 6 nitrogen and oxygen atoms in total. The number of benzene rings is 2. The van der Waals surface area contributed by atoms with Crippen LogP contribution in [0.15, 0.2) is 65.2 Å². The maximum atomic E-state index is 13.5. The minimum Gasteiger partial charge on any atom is -0.381 e. The van der Waals surface area contributed by atoms with Gasteiger partial charge in [0.1, 0.15) is 0 Å². The molecule has 3 aromatic rings. The quantitative estimate of drug-likeness (QED) is 0.654. The van der Waals surface area contributed by atoms with Crippen LogP contribution in [0, 0.1) is 0 Å². The predicted octanol–water partition coefficient (Wildman–Crippen LogP) is 3.33. The third-order valence-electron chi connectivity index (χ3n) is 6.29. The predicted molar refractivity (Wildman–Crippen MR) is 111 cm³/mol. The van der Waals surface area contributed by atoms with Crippen LogP contribution in [-0.2, 0) is 21.4 Å². The number of amides is 1. The average molecular weight is 403 g/mol. The molecular formula is C24H25N3O3. The van der Waals surface area contributed by atoms with Crippen LogP contribution in [-0.4, -0.2) is 47.3 Å². The molecule has 5 rings (SSSR count). The van der Waals surface area contributed by atoms with Crippen LogP contribution in [0.5, 0.6) is 0 Å². The molecule has 0 radical (unpaired) electrons. The van der Waals surface area contributed by atoms with E-state index >= 15 is 0 Å². The number of carbonyl (C=O) groups excluding carboxylic acids is 1. The highest BCUT2D eigenvalue weighted by atomic mass is 16.5. The molecule has 0 bridgehead atoms. The van der Waals surface area contributed by atoms with Gasteiger partial charge in [0.05, 0.1) is 11.3 Å². The monoisotopic (exact) mass is 403 g/mol. The van der Waals surface area contributed by atoms with Gasteiger partial charge in [0, 0.05) is 32.7 Å². The Bertz CT molecular complexity index is 991. The van der Waals surface area contributed by atoms with E-state index in [2.05, 4.69) is 34.4 Å². The molecule has 6 heteroatoms. The third-order valence-corrected chi connectivity index (χ3v) is 6.29. The molecule has 2 aromatic carbocycles. The average Bonchev–Trinajstić information content (AvgIpc) is 3.22. The van der Waals surface area contributed by atoms with Crippen LogP contribution in [0.3, 0.4) is 0 Å². The van der Waals surface area contributed by atoms with Gasteiger partial charge in [-0.25, -0.2) is 0 Å². The first-order chi connectivity index (χ1) is 14.7. The van der Waals surface area contributed by atoms with E-state index in [0.717, 1.165) is 24.0 Å². The van der Waals surface area contributed by atoms with E-state index in [-0.39, 0.29) is 11.8 Å². The second-order valence-corrected chi connectivity index (χ2v) is 8.18. The van der Waals surface area contributed by atoms with E-state index in [1.54, 1.807) is 0 Å². The summed E-state index contributed by atoms with van der Waals surface area (Å²) in [5.74, 6) is 1.62. The molecule has 0 saturated carbocycles. The van der Waals surface area contributed by atoms with Crippen LogP contribution in [0.2, 0.25) is 0 Å². The van der Waals surface area contributed by atoms with Crippen molar-refractivity contribution >= 4 is 5.91 Å². The fourth-order valence-corrected chi connectivity index (χ4v) is 4.49. The van der Waals surface area contributed by atoms with Crippen molar-refractivity contribution < 1.29 is 14.1 Å². The smallest absolute Gasteiger partial charge is 0.233 e. The van der Waals surface area contributed by atoms with Gasteiger partial charge in [-0.2, -0.15) is 4.98 Å². The highest BCUT2D eigenvalue weighted by Gasteiger charge is 2.48. The molecular weight excluding hydrogens is 378 g/mol. The Labute approximate surface area is 175 Å². The van der Waals surface area contributed by atoms with Gasteiger partial charge >= 0.3 is 0 Å². The lowest BCUT2D eigenvalue weighted by Crippen LogP contribution is -2.57. The molecule has 0 N–H and O–H groups in total. The standard InChI is InChI=1S/C24H25N3O3/c28-23(24(11-13-29-14-12-24)20-9-5-2-6-10-20)27-16-19(17-27)22-25-21(26-30-22)15-18-7-3-1-4-8-18/h1-10,19H,11-17H2. The third kappa shape index (κ3) is 3.52. The Morgan fingerprint density at radius 2 is 1.67 bits per heavy atom. The maximum absolute atomic E-state index is 13.5. The van der Waals surface area contributed by atoms with Crippen molar-refractivity contribution in [2.24, 2.45) is 0 Å². The normalized spacial score (nSPS) is 18.7. The second-order valence-electron chi connectivity index (χ2n) is 8.18. The lowest BCUT2D eigenvalue weighted by Gasteiger charge is -2.45. The second kappa shape index (κ2) is 8.03. The molecule has 1 aromatic heterocycles. The fourth-order valence-electron chi connectivity index (χ4n) is 4.49. The number of rotatable bonds is 5. The Hall–Kier alpha value is -2.99. The summed E-state index contributed by atoms with van der Waals surface area (Å²) in [5, 5.41) is 4.13. The fraction of sp³-hybridized carbons (Fsp3) is 0.375. The zero-order valence-corrected chi connectivity index (χ0v) is 16.9. The summed E-state index contributed by atoms with van der Waals surface area (Å²) in [6.07, 6.45) is 2.09. The Morgan fingerprint density at radius 1 is 1.00 bits per heavy atom. The minimum absolute atomic E-state index is 0.110. The SMILES string of the molecule is O=C(N1CC(c2nc(Cc3ccccc3)no2)C1)C1(c2ccccc2)CCOCC1. The molecule has 3 heterocycles. The number of nitrogens with zero attached hydrogens (tertiary/aromatic N) is 3. The molecule has 0 unspecified atom stereocenters. The van der Waals surface area contributed by atoms with Gasteiger partial charge in [0.2, 0.25) is 11.8 Å². The Kier molecular flexibility index (Phi) is 5.09. The van der Waals surface area contributed by atoms with Crippen molar-refractivity contribution in [2.45, 2.75) is 30.6 Å². The molecule has 154 valence electrons. The zero-order valence-electron chi connectivity index (χ0n) is 16.9. The topological polar surface area (TPSA) is 68.5 Å². The van der Waals surface area contributed by atoms with Gasteiger partial charge in [0.25, 0.3) is 0 Å². The van der Waals surface area contributed by atoms with Gasteiger partial charge in [-0.1, -0.05) is 65.8 Å². The number of hydrogen-bond acceptors (Lipinski definition) is 5. The van der Waals surface area contributed by atoms with Crippen molar-refractivity contribution in [3.05, 3.63) is 83.5 Å². The molecule has 2 aliphatic rings. The molecule has 0 atom stereocenters. The van der Waals surface area contributed by atoms with E-state index in [9.17, 15) is 4.79 Å². The molecule has 0 aliphatic carbocycles. The van der Waals surface area contributed by atoms with Crippen LogP contribution < -0.4 is 0 Å². The van der Waals surface area contributed by atoms with E-state index in [0.29, 0.717) is 44.4 Å². The van der Waals surface area contributed by atoms with Crippen molar-refractivity contribution in [1.29, 1.82) is 0 Å². The van der Waals surface area contributed by atoms with Crippen LogP contribution in [0.25, 0.3) is 0 Å². The zero-order chi connectivity index (χ0) is 20.4. The van der Waals surface area contributed by atoms with Gasteiger partial charge in [-0.15, -0.1) is 0 Å². The van der Waals surface area contributed by atoms with E-state index in [1.807, 2.05) is 41.3 Å². The van der Waals surface area contributed by atoms with Crippen molar-refractivity contribution in [3.8, 4) is 0 Å². The summed E-state index contributed by atoms with van der Waals surface area (Å²) in [6, 6.07) is 20.2. The van der Waals surface area contributed by atoms with Crippen LogP contribution >= 0.6 is 0 Å². The molecule has 0 spiro atoms. The lowest BCUT2D eigenvalue weighted by atomic mass is 9.72. The summed E-state index contributed by atoms with van der Waals surface area (Å²) in [6.45, 7) is 2.48. The highest BCUT2D eigenvalue weighted by Crippen LogP contribution is 2.39. The summed E-state index contributed by atoms with van der Waals surface area (Å²) in [4.78, 5) is 20.0. The molecule has 2 fully saturated rings. The molecule has 30 heavy (non-hydrogen) atoms. The van der Waals surface area contributed by atoms with Crippen molar-refractivity contribution in [3.63, 3.8) is 0 Å². The van der Waals surface area contributed by atoms with E-state index in [1.165, 1.54) is 0 Å². The summed E-state index contributed by atoms with van der Waals surface area (Å²) in [7, 11) is 0. The van der Waals surface area contributed by atoms with E-state index < -0.39 is 5.41 Å². The van der Waals surface area contributed by atoms with Crippen molar-refractivity contribution in [2.75, 3.05) is 26.3 Å². The largest absolute Gasteiger partial charge is 0.381 e. The van der Waals surface area contributed by atoms with Gasteiger partial charge in [0.15, 0.2) is 5.82 Å². The summed E-state index contributed by atoms with van der Waals surface area (Å²) < 4.78 is 11.1. The Balaban J connectivity index is 1.26. The lowest BCUT2D eigenvalue weighted by molar-refractivity contribution is -0.146. The molecule has 2 aliphatic heterocycles. The first kappa shape index (κ1) is 19.0. The number of ether oxygens (including phenoxy) is 1. The number of hydrogen-bond donors (Lipinski definition) is 0. The summed E-state index contributed by atoms with van der Waals surface area (Å²) >= 11 is 0. The number of likely N-dealkylation sites (tertiary alicyclic amines) is 1. The molecule has 2 saturated heterocycles. The van der Waals surface area contributed by atoms with Gasteiger partial charge in [-0.3, -0.25) is 4.79 Å². The first-order valence-electron chi connectivity index (χ1n) is 10.5. The van der Waals surface area contributed by atoms with E-state index in [4.69, 9.17) is 9.26 Å². The first-order valence-corrected chi connectivity index (χ1v) is 10.5. The summed E-state index contributed by atoms with van der Waals surface area (Å²) in [5.41, 5.74) is 1.75. The van der Waals surface area contributed by atoms with Gasteiger partial charge in [-0.05, 0) is 24.0 Å². The minimum atomic E-state index is -0.488. The van der Waals surface area contributed by atoms with Crippen LogP contribution in [0.4, 0.5) is 0 Å². The maximum Gasteiger partial charge on any atom is 0.233 e. The number of aromatic nitrogens is 2. The van der Waals surface area contributed by atoms with Crippen LogP contribution in [0.1, 0.15) is 41.6 Å². The number of carbonyl (C=O) groups is 1. The highest BCUT2D eigenvalue weighted by molar-refractivity contribution is 5.89. The Morgan fingerprint density at radius 3 is 2.37 bits per heavy atom. The molecule has 1 amide bonds. The van der Waals surface area contributed by atoms with Gasteiger partial charge < -0.3 is 14.2 Å². The van der Waals surface area contributed by atoms with Crippen molar-refractivity contribution in [1.82, 2.24) is 15.0 Å².